The number of para-hydroxylation sites is 2. The fourth-order valence-electron chi connectivity index (χ4n) is 4.76. The molecule has 1 aliphatic heterocycles. The molecule has 2 aromatic carbocycles. The summed E-state index contributed by atoms with van der Waals surface area (Å²) < 4.78 is 7.10. The predicted octanol–water partition coefficient (Wildman–Crippen LogP) is 4.85. The molecule has 3 aromatic rings. The van der Waals surface area contributed by atoms with Crippen LogP contribution in [-0.2, 0) is 9.59 Å². The first-order valence-electron chi connectivity index (χ1n) is 11.5. The zero-order valence-corrected chi connectivity index (χ0v) is 18.8. The molecule has 33 heavy (non-hydrogen) atoms. The molecule has 170 valence electrons. The van der Waals surface area contributed by atoms with Crippen molar-refractivity contribution in [3.05, 3.63) is 60.2 Å². The number of fused-ring (bicyclic) bond motifs is 3. The number of methoxy groups -OCH3 is 1. The molecule has 1 atom stereocenters. The van der Waals surface area contributed by atoms with Gasteiger partial charge in [0.2, 0.25) is 11.9 Å². The number of ether oxygens (including phenoxy) is 1. The van der Waals surface area contributed by atoms with E-state index in [1.54, 1.807) is 36.3 Å². The van der Waals surface area contributed by atoms with Gasteiger partial charge in [0.1, 0.15) is 11.8 Å². The Morgan fingerprint density at radius 2 is 1.97 bits per heavy atom. The standard InChI is InChI=1S/C26H28N4O3/c1-33-20-13-11-19(12-14-20)27-24(31)17-23-25(32)29(16-15-18-7-3-2-4-8-18)26-28-21-9-5-6-10-22(21)30(23)26/h5-7,9-14,23H,2-4,8,15-17H2,1H3,(H,27,31)/t23-/m1/s1. The van der Waals surface area contributed by atoms with E-state index >= 15 is 0 Å². The van der Waals surface area contributed by atoms with E-state index in [-0.39, 0.29) is 18.2 Å². The monoisotopic (exact) mass is 444 g/mol. The molecule has 0 radical (unpaired) electrons. The Labute approximate surface area is 193 Å². The summed E-state index contributed by atoms with van der Waals surface area (Å²) in [5.41, 5.74) is 3.80. The molecule has 1 aromatic heterocycles. The van der Waals surface area contributed by atoms with Crippen LogP contribution >= 0.6 is 0 Å². The molecular formula is C26H28N4O3. The number of aromatic nitrogens is 2. The molecule has 7 heteroatoms. The van der Waals surface area contributed by atoms with Gasteiger partial charge in [0.15, 0.2) is 0 Å². The summed E-state index contributed by atoms with van der Waals surface area (Å²) >= 11 is 0. The number of nitrogens with zero attached hydrogens (tertiary/aromatic N) is 3. The minimum atomic E-state index is -0.606. The lowest BCUT2D eigenvalue weighted by Gasteiger charge is -2.18. The molecule has 0 spiro atoms. The van der Waals surface area contributed by atoms with Gasteiger partial charge < -0.3 is 10.1 Å². The third-order valence-electron chi connectivity index (χ3n) is 6.48. The van der Waals surface area contributed by atoms with Crippen LogP contribution in [0.1, 0.15) is 44.6 Å². The van der Waals surface area contributed by atoms with Crippen molar-refractivity contribution < 1.29 is 14.3 Å². The van der Waals surface area contributed by atoms with Crippen LogP contribution in [-0.4, -0.2) is 35.0 Å². The third-order valence-corrected chi connectivity index (χ3v) is 6.48. The summed E-state index contributed by atoms with van der Waals surface area (Å²) in [4.78, 5) is 32.9. The smallest absolute Gasteiger partial charge is 0.253 e. The van der Waals surface area contributed by atoms with Gasteiger partial charge >= 0.3 is 0 Å². The van der Waals surface area contributed by atoms with E-state index in [0.29, 0.717) is 18.2 Å². The van der Waals surface area contributed by atoms with Crippen molar-refractivity contribution in [1.82, 2.24) is 9.55 Å². The fourth-order valence-corrected chi connectivity index (χ4v) is 4.76. The van der Waals surface area contributed by atoms with Gasteiger partial charge in [0.05, 0.1) is 24.6 Å². The number of imidazole rings is 1. The third kappa shape index (κ3) is 4.23. The van der Waals surface area contributed by atoms with E-state index in [9.17, 15) is 9.59 Å². The summed E-state index contributed by atoms with van der Waals surface area (Å²) in [6.45, 7) is 0.588. The number of allylic oxidation sites excluding steroid dienone is 1. The molecule has 2 amide bonds. The van der Waals surface area contributed by atoms with Crippen LogP contribution in [0.15, 0.2) is 60.2 Å². The molecule has 0 fully saturated rings. The SMILES string of the molecule is COc1ccc(NC(=O)C[C@@H]2C(=O)N(CCC3=CCCCC3)c3nc4ccccc4n32)cc1. The number of rotatable bonds is 7. The van der Waals surface area contributed by atoms with Gasteiger partial charge in [0, 0.05) is 12.2 Å². The summed E-state index contributed by atoms with van der Waals surface area (Å²) in [5.74, 6) is 1.08. The van der Waals surface area contributed by atoms with Gasteiger partial charge in [-0.25, -0.2) is 4.98 Å². The highest BCUT2D eigenvalue weighted by Gasteiger charge is 2.40. The molecule has 1 N–H and O–H groups in total. The molecular weight excluding hydrogens is 416 g/mol. The van der Waals surface area contributed by atoms with Gasteiger partial charge in [-0.2, -0.15) is 0 Å². The fraction of sp³-hybridized carbons (Fsp3) is 0.346. The second-order valence-electron chi connectivity index (χ2n) is 8.62. The number of amides is 2. The molecule has 0 saturated heterocycles. The maximum atomic E-state index is 13.5. The largest absolute Gasteiger partial charge is 0.497 e. The number of nitrogens with one attached hydrogen (secondary N) is 1. The van der Waals surface area contributed by atoms with Crippen LogP contribution in [0, 0.1) is 0 Å². The molecule has 7 nitrogen and oxygen atoms in total. The van der Waals surface area contributed by atoms with Crippen molar-refractivity contribution in [2.24, 2.45) is 0 Å². The van der Waals surface area contributed by atoms with Gasteiger partial charge in [0.25, 0.3) is 5.91 Å². The van der Waals surface area contributed by atoms with Crippen LogP contribution in [0.5, 0.6) is 5.75 Å². The van der Waals surface area contributed by atoms with Crippen LogP contribution in [0.3, 0.4) is 0 Å². The molecule has 0 bridgehead atoms. The minimum Gasteiger partial charge on any atom is -0.497 e. The Balaban J connectivity index is 1.38. The second kappa shape index (κ2) is 9.10. The Bertz CT molecular complexity index is 1210. The number of carbonyl (C=O) groups excluding carboxylic acids is 2. The van der Waals surface area contributed by atoms with Crippen molar-refractivity contribution in [2.45, 2.75) is 44.6 Å². The summed E-state index contributed by atoms with van der Waals surface area (Å²) in [6, 6.07) is 14.3. The van der Waals surface area contributed by atoms with E-state index in [4.69, 9.17) is 9.72 Å². The van der Waals surface area contributed by atoms with Gasteiger partial charge in [-0.1, -0.05) is 23.8 Å². The Hall–Kier alpha value is -3.61. The topological polar surface area (TPSA) is 76.5 Å². The first-order chi connectivity index (χ1) is 16.1. The maximum absolute atomic E-state index is 13.5. The maximum Gasteiger partial charge on any atom is 0.253 e. The first kappa shape index (κ1) is 21.2. The van der Waals surface area contributed by atoms with E-state index in [0.717, 1.165) is 36.0 Å². The van der Waals surface area contributed by atoms with E-state index in [1.165, 1.54) is 18.4 Å². The number of anilines is 2. The predicted molar refractivity (Wildman–Crippen MR) is 129 cm³/mol. The van der Waals surface area contributed by atoms with E-state index in [1.807, 2.05) is 28.8 Å². The van der Waals surface area contributed by atoms with Gasteiger partial charge in [-0.3, -0.25) is 19.1 Å². The average Bonchev–Trinajstić information content (AvgIpc) is 3.33. The Kier molecular flexibility index (Phi) is 5.86. The second-order valence-corrected chi connectivity index (χ2v) is 8.62. The van der Waals surface area contributed by atoms with Crippen molar-refractivity contribution in [3.8, 4) is 5.75 Å². The number of hydrogen-bond acceptors (Lipinski definition) is 4. The van der Waals surface area contributed by atoms with Crippen molar-refractivity contribution in [2.75, 3.05) is 23.9 Å². The van der Waals surface area contributed by atoms with Crippen LogP contribution < -0.4 is 15.0 Å². The summed E-state index contributed by atoms with van der Waals surface area (Å²) in [5, 5.41) is 2.90. The average molecular weight is 445 g/mol. The summed E-state index contributed by atoms with van der Waals surface area (Å²) in [7, 11) is 1.60. The first-order valence-corrected chi connectivity index (χ1v) is 11.5. The van der Waals surface area contributed by atoms with E-state index < -0.39 is 6.04 Å². The van der Waals surface area contributed by atoms with Crippen molar-refractivity contribution >= 4 is 34.5 Å². The lowest BCUT2D eigenvalue weighted by Crippen LogP contribution is -2.32. The van der Waals surface area contributed by atoms with Gasteiger partial charge in [-0.15, -0.1) is 0 Å². The molecule has 0 unspecified atom stereocenters. The summed E-state index contributed by atoms with van der Waals surface area (Å²) in [6.07, 6.45) is 7.89. The van der Waals surface area contributed by atoms with Crippen molar-refractivity contribution in [3.63, 3.8) is 0 Å². The number of benzene rings is 2. The van der Waals surface area contributed by atoms with Crippen molar-refractivity contribution in [1.29, 1.82) is 0 Å². The number of carbonyl (C=O) groups is 2. The lowest BCUT2D eigenvalue weighted by molar-refractivity contribution is -0.124. The molecule has 2 heterocycles. The highest BCUT2D eigenvalue weighted by atomic mass is 16.5. The van der Waals surface area contributed by atoms with Gasteiger partial charge in [-0.05, 0) is 68.5 Å². The Morgan fingerprint density at radius 1 is 1.15 bits per heavy atom. The molecule has 0 saturated carbocycles. The minimum absolute atomic E-state index is 0.0530. The highest BCUT2D eigenvalue weighted by Crippen LogP contribution is 2.37. The quantitative estimate of drug-likeness (QED) is 0.529. The normalized spacial score (nSPS) is 17.7. The Morgan fingerprint density at radius 3 is 2.73 bits per heavy atom. The number of hydrogen-bond donors (Lipinski definition) is 1. The molecule has 1 aliphatic carbocycles. The van der Waals surface area contributed by atoms with E-state index in [2.05, 4.69) is 11.4 Å². The highest BCUT2D eigenvalue weighted by molar-refractivity contribution is 6.05. The zero-order chi connectivity index (χ0) is 22.8. The zero-order valence-electron chi connectivity index (χ0n) is 18.8. The molecule has 5 rings (SSSR count). The van der Waals surface area contributed by atoms with Crippen LogP contribution in [0.25, 0.3) is 11.0 Å². The van der Waals surface area contributed by atoms with Crippen LogP contribution in [0.2, 0.25) is 0 Å². The van der Waals surface area contributed by atoms with Crippen LogP contribution in [0.4, 0.5) is 11.6 Å². The lowest BCUT2D eigenvalue weighted by atomic mass is 9.97. The molecule has 2 aliphatic rings.